The lowest BCUT2D eigenvalue weighted by Gasteiger charge is -2.45. The van der Waals surface area contributed by atoms with Gasteiger partial charge in [0.2, 0.25) is 5.95 Å². The third kappa shape index (κ3) is 1.60. The molecule has 70 valence electrons. The van der Waals surface area contributed by atoms with Crippen LogP contribution in [0.5, 0.6) is 0 Å². The fourth-order valence-electron chi connectivity index (χ4n) is 1.44. The van der Waals surface area contributed by atoms with Crippen LogP contribution < -0.4 is 10.6 Å². The Morgan fingerprint density at radius 1 is 1.46 bits per heavy atom. The number of aromatic nitrogens is 2. The van der Waals surface area contributed by atoms with Crippen LogP contribution in [0, 0.1) is 5.82 Å². The molecule has 0 aliphatic carbocycles. The van der Waals surface area contributed by atoms with Crippen LogP contribution >= 0.6 is 0 Å². The zero-order valence-electron chi connectivity index (χ0n) is 7.37. The van der Waals surface area contributed by atoms with Gasteiger partial charge in [0.1, 0.15) is 0 Å². The predicted octanol–water partition coefficient (Wildman–Crippen LogP) is 0.153. The van der Waals surface area contributed by atoms with Crippen molar-refractivity contribution in [1.82, 2.24) is 9.97 Å². The van der Waals surface area contributed by atoms with Crippen molar-refractivity contribution in [1.29, 1.82) is 0 Å². The van der Waals surface area contributed by atoms with E-state index in [2.05, 4.69) is 9.97 Å². The summed E-state index contributed by atoms with van der Waals surface area (Å²) in [6, 6.07) is 0. The van der Waals surface area contributed by atoms with Gasteiger partial charge in [-0.3, -0.25) is 0 Å². The second kappa shape index (κ2) is 2.63. The maximum Gasteiger partial charge on any atom is 0.225 e. The fourth-order valence-corrected chi connectivity index (χ4v) is 1.44. The van der Waals surface area contributed by atoms with Crippen molar-refractivity contribution in [2.24, 2.45) is 5.73 Å². The van der Waals surface area contributed by atoms with Crippen molar-refractivity contribution in [2.75, 3.05) is 18.0 Å². The normalized spacial score (nSPS) is 19.8. The van der Waals surface area contributed by atoms with Crippen molar-refractivity contribution in [2.45, 2.75) is 12.5 Å². The van der Waals surface area contributed by atoms with Crippen LogP contribution in [0.25, 0.3) is 0 Å². The van der Waals surface area contributed by atoms with Crippen LogP contribution in [0.2, 0.25) is 0 Å². The smallest absolute Gasteiger partial charge is 0.225 e. The molecule has 0 atom stereocenters. The largest absolute Gasteiger partial charge is 0.337 e. The van der Waals surface area contributed by atoms with Gasteiger partial charge in [-0.05, 0) is 6.92 Å². The van der Waals surface area contributed by atoms with E-state index in [1.165, 1.54) is 0 Å². The summed E-state index contributed by atoms with van der Waals surface area (Å²) in [6.45, 7) is 3.41. The maximum atomic E-state index is 12.5. The summed E-state index contributed by atoms with van der Waals surface area (Å²) in [4.78, 5) is 9.62. The molecule has 0 saturated carbocycles. The average Bonchev–Trinajstić information content (AvgIpc) is 2.01. The first-order valence-corrected chi connectivity index (χ1v) is 4.08. The van der Waals surface area contributed by atoms with Gasteiger partial charge in [0.05, 0.1) is 12.4 Å². The lowest BCUT2D eigenvalue weighted by molar-refractivity contribution is 0.359. The van der Waals surface area contributed by atoms with E-state index in [4.69, 9.17) is 5.73 Å². The van der Waals surface area contributed by atoms with Crippen molar-refractivity contribution >= 4 is 5.95 Å². The molecule has 13 heavy (non-hydrogen) atoms. The lowest BCUT2D eigenvalue weighted by Crippen LogP contribution is -2.66. The number of nitrogens with two attached hydrogens (primary N) is 1. The Hall–Kier alpha value is -1.23. The van der Waals surface area contributed by atoms with Gasteiger partial charge < -0.3 is 10.6 Å². The molecule has 0 bridgehead atoms. The highest BCUT2D eigenvalue weighted by Crippen LogP contribution is 2.21. The molecule has 1 aliphatic heterocycles. The molecule has 0 radical (unpaired) electrons. The van der Waals surface area contributed by atoms with Crippen molar-refractivity contribution < 1.29 is 4.39 Å². The Bertz CT molecular complexity index is 300. The minimum atomic E-state index is -0.417. The van der Waals surface area contributed by atoms with Crippen LogP contribution in [0.15, 0.2) is 12.4 Å². The molecule has 2 heterocycles. The van der Waals surface area contributed by atoms with E-state index in [0.717, 1.165) is 25.5 Å². The summed E-state index contributed by atoms with van der Waals surface area (Å²) < 4.78 is 12.5. The molecule has 0 spiro atoms. The van der Waals surface area contributed by atoms with Gasteiger partial charge in [0, 0.05) is 18.6 Å². The van der Waals surface area contributed by atoms with Gasteiger partial charge in [-0.15, -0.1) is 0 Å². The molecular weight excluding hydrogens is 171 g/mol. The molecule has 1 fully saturated rings. The number of hydrogen-bond acceptors (Lipinski definition) is 4. The first-order valence-electron chi connectivity index (χ1n) is 4.08. The van der Waals surface area contributed by atoms with Crippen molar-refractivity contribution in [3.63, 3.8) is 0 Å². The highest BCUT2D eigenvalue weighted by Gasteiger charge is 2.36. The van der Waals surface area contributed by atoms with Gasteiger partial charge in [-0.25, -0.2) is 14.4 Å². The molecule has 1 aromatic heterocycles. The minimum Gasteiger partial charge on any atom is -0.337 e. The zero-order valence-corrected chi connectivity index (χ0v) is 7.37. The Kier molecular flexibility index (Phi) is 1.69. The molecule has 0 amide bonds. The Balaban J connectivity index is 2.08. The highest BCUT2D eigenvalue weighted by molar-refractivity contribution is 5.36. The summed E-state index contributed by atoms with van der Waals surface area (Å²) >= 11 is 0. The van der Waals surface area contributed by atoms with E-state index in [1.807, 2.05) is 11.8 Å². The standard InChI is InChI=1S/C8H11FN4/c1-8(10)4-13(5-8)7-11-2-6(9)3-12-7/h2-3H,4-5,10H2,1H3. The van der Waals surface area contributed by atoms with E-state index in [1.54, 1.807) is 0 Å². The molecule has 2 N–H and O–H groups in total. The number of halogens is 1. The molecule has 0 unspecified atom stereocenters. The first kappa shape index (κ1) is 8.37. The molecular formula is C8H11FN4. The predicted molar refractivity (Wildman–Crippen MR) is 46.8 cm³/mol. The van der Waals surface area contributed by atoms with E-state index in [-0.39, 0.29) is 5.54 Å². The molecule has 1 aromatic rings. The van der Waals surface area contributed by atoms with Gasteiger partial charge in [0.15, 0.2) is 5.82 Å². The Morgan fingerprint density at radius 3 is 2.46 bits per heavy atom. The molecule has 1 aliphatic rings. The first-order chi connectivity index (χ1) is 6.07. The molecule has 1 saturated heterocycles. The SMILES string of the molecule is CC1(N)CN(c2ncc(F)cn2)C1. The molecule has 2 rings (SSSR count). The van der Waals surface area contributed by atoms with Gasteiger partial charge in [0.25, 0.3) is 0 Å². The van der Waals surface area contributed by atoms with E-state index >= 15 is 0 Å². The second-order valence-electron chi connectivity index (χ2n) is 3.71. The van der Waals surface area contributed by atoms with Gasteiger partial charge in [-0.1, -0.05) is 0 Å². The average molecular weight is 182 g/mol. The minimum absolute atomic E-state index is 0.155. The van der Waals surface area contributed by atoms with E-state index < -0.39 is 5.82 Å². The maximum absolute atomic E-state index is 12.5. The third-order valence-electron chi connectivity index (χ3n) is 1.99. The monoisotopic (exact) mass is 182 g/mol. The van der Waals surface area contributed by atoms with Gasteiger partial charge >= 0.3 is 0 Å². The Morgan fingerprint density at radius 2 is 2.00 bits per heavy atom. The number of nitrogens with zero attached hydrogens (tertiary/aromatic N) is 3. The van der Waals surface area contributed by atoms with Gasteiger partial charge in [-0.2, -0.15) is 0 Å². The highest BCUT2D eigenvalue weighted by atomic mass is 19.1. The van der Waals surface area contributed by atoms with E-state index in [9.17, 15) is 4.39 Å². The quantitative estimate of drug-likeness (QED) is 0.671. The van der Waals surface area contributed by atoms with Crippen LogP contribution in [0.3, 0.4) is 0 Å². The Labute approximate surface area is 75.6 Å². The van der Waals surface area contributed by atoms with Crippen LogP contribution in [-0.2, 0) is 0 Å². The summed E-state index contributed by atoms with van der Waals surface area (Å²) in [6.07, 6.45) is 2.32. The summed E-state index contributed by atoms with van der Waals surface area (Å²) in [5.74, 6) is 0.129. The lowest BCUT2D eigenvalue weighted by atomic mass is 9.94. The fraction of sp³-hybridized carbons (Fsp3) is 0.500. The third-order valence-corrected chi connectivity index (χ3v) is 1.99. The van der Waals surface area contributed by atoms with Crippen LogP contribution in [0.1, 0.15) is 6.92 Å². The zero-order chi connectivity index (χ0) is 9.47. The summed E-state index contributed by atoms with van der Waals surface area (Å²) in [5.41, 5.74) is 5.65. The topological polar surface area (TPSA) is 55.0 Å². The molecule has 4 nitrogen and oxygen atoms in total. The van der Waals surface area contributed by atoms with Crippen LogP contribution in [0.4, 0.5) is 10.3 Å². The van der Waals surface area contributed by atoms with Crippen LogP contribution in [-0.4, -0.2) is 28.6 Å². The number of rotatable bonds is 1. The molecule has 0 aromatic carbocycles. The molecule has 5 heteroatoms. The summed E-state index contributed by atoms with van der Waals surface area (Å²) in [7, 11) is 0. The van der Waals surface area contributed by atoms with Crippen molar-refractivity contribution in [3.05, 3.63) is 18.2 Å². The van der Waals surface area contributed by atoms with E-state index in [0.29, 0.717) is 5.95 Å². The summed E-state index contributed by atoms with van der Waals surface area (Å²) in [5, 5.41) is 0. The van der Waals surface area contributed by atoms with Crippen molar-refractivity contribution in [3.8, 4) is 0 Å². The number of hydrogen-bond donors (Lipinski definition) is 1. The number of anilines is 1. The second-order valence-corrected chi connectivity index (χ2v) is 3.71.